The lowest BCUT2D eigenvalue weighted by Crippen LogP contribution is -2.45. The largest absolute Gasteiger partial charge is 0.469 e. The molecular formula is C18H25FN2O3. The first kappa shape index (κ1) is 18.2. The second-order valence-corrected chi connectivity index (χ2v) is 6.16. The monoisotopic (exact) mass is 336 g/mol. The minimum absolute atomic E-state index is 0.135. The zero-order valence-electron chi connectivity index (χ0n) is 14.1. The summed E-state index contributed by atoms with van der Waals surface area (Å²) in [5.41, 5.74) is 0.819. The molecule has 0 atom stereocenters. The van der Waals surface area contributed by atoms with Gasteiger partial charge in [-0.1, -0.05) is 31.4 Å². The molecule has 0 saturated heterocycles. The average Bonchev–Trinajstić information content (AvgIpc) is 2.60. The Morgan fingerprint density at radius 1 is 1.21 bits per heavy atom. The van der Waals surface area contributed by atoms with Gasteiger partial charge in [0.1, 0.15) is 5.82 Å². The van der Waals surface area contributed by atoms with Gasteiger partial charge in [-0.3, -0.25) is 4.79 Å². The highest BCUT2D eigenvalue weighted by Crippen LogP contribution is 2.18. The molecule has 0 spiro atoms. The Bertz CT molecular complexity index is 542. The van der Waals surface area contributed by atoms with Crippen molar-refractivity contribution in [3.05, 3.63) is 35.6 Å². The Hall–Kier alpha value is -2.11. The molecule has 0 heterocycles. The van der Waals surface area contributed by atoms with Crippen molar-refractivity contribution < 1.29 is 18.7 Å². The number of benzene rings is 1. The summed E-state index contributed by atoms with van der Waals surface area (Å²) in [6.45, 7) is 0.596. The number of hydrogen-bond acceptors (Lipinski definition) is 3. The SMILES string of the molecule is COC(=O)CCN(Cc1ccc(F)cc1)C(=O)NC1CCCCC1. The molecule has 0 bridgehead atoms. The summed E-state index contributed by atoms with van der Waals surface area (Å²) in [5, 5.41) is 3.05. The maximum atomic E-state index is 13.0. The molecular weight excluding hydrogens is 311 g/mol. The highest BCUT2D eigenvalue weighted by Gasteiger charge is 2.21. The fourth-order valence-corrected chi connectivity index (χ4v) is 2.90. The van der Waals surface area contributed by atoms with E-state index in [2.05, 4.69) is 10.1 Å². The highest BCUT2D eigenvalue weighted by molar-refractivity contribution is 5.76. The molecule has 0 radical (unpaired) electrons. The maximum absolute atomic E-state index is 13.0. The van der Waals surface area contributed by atoms with Gasteiger partial charge in [0.2, 0.25) is 0 Å². The van der Waals surface area contributed by atoms with Crippen LogP contribution in [-0.4, -0.2) is 36.6 Å². The van der Waals surface area contributed by atoms with Crippen molar-refractivity contribution in [2.45, 2.75) is 51.1 Å². The molecule has 5 nitrogen and oxygen atoms in total. The molecule has 0 aromatic heterocycles. The molecule has 132 valence electrons. The number of urea groups is 1. The zero-order valence-corrected chi connectivity index (χ0v) is 14.1. The Kier molecular flexibility index (Phi) is 7.03. The first-order valence-corrected chi connectivity index (χ1v) is 8.45. The van der Waals surface area contributed by atoms with E-state index in [1.807, 2.05) is 0 Å². The molecule has 1 fully saturated rings. The van der Waals surface area contributed by atoms with Crippen molar-refractivity contribution in [2.24, 2.45) is 0 Å². The minimum atomic E-state index is -0.357. The van der Waals surface area contributed by atoms with Gasteiger partial charge in [-0.25, -0.2) is 9.18 Å². The third-order valence-corrected chi connectivity index (χ3v) is 4.32. The molecule has 24 heavy (non-hydrogen) atoms. The van der Waals surface area contributed by atoms with Crippen LogP contribution in [0.4, 0.5) is 9.18 Å². The molecule has 0 aliphatic heterocycles. The van der Waals surface area contributed by atoms with E-state index in [4.69, 9.17) is 0 Å². The van der Waals surface area contributed by atoms with Crippen molar-refractivity contribution in [2.75, 3.05) is 13.7 Å². The summed E-state index contributed by atoms with van der Waals surface area (Å²) in [4.78, 5) is 25.6. The number of halogens is 1. The summed E-state index contributed by atoms with van der Waals surface area (Å²) < 4.78 is 17.7. The van der Waals surface area contributed by atoms with E-state index in [0.717, 1.165) is 31.2 Å². The molecule has 1 aromatic rings. The number of hydrogen-bond donors (Lipinski definition) is 1. The second-order valence-electron chi connectivity index (χ2n) is 6.16. The van der Waals surface area contributed by atoms with Gasteiger partial charge in [0, 0.05) is 19.1 Å². The molecule has 1 aliphatic carbocycles. The molecule has 2 rings (SSSR count). The van der Waals surface area contributed by atoms with E-state index in [1.165, 1.54) is 25.7 Å². The summed E-state index contributed by atoms with van der Waals surface area (Å²) in [7, 11) is 1.33. The van der Waals surface area contributed by atoms with Gasteiger partial charge >= 0.3 is 12.0 Å². The summed E-state index contributed by atoms with van der Waals surface area (Å²) in [6.07, 6.45) is 5.60. The topological polar surface area (TPSA) is 58.6 Å². The Labute approximate surface area is 142 Å². The number of nitrogens with one attached hydrogen (secondary N) is 1. The van der Waals surface area contributed by atoms with Gasteiger partial charge in [0.05, 0.1) is 13.5 Å². The summed E-state index contributed by atoms with van der Waals surface area (Å²) >= 11 is 0. The number of carbonyl (C=O) groups is 2. The number of esters is 1. The molecule has 6 heteroatoms. The van der Waals surface area contributed by atoms with Crippen LogP contribution in [-0.2, 0) is 16.1 Å². The van der Waals surface area contributed by atoms with Gasteiger partial charge in [-0.2, -0.15) is 0 Å². The van der Waals surface area contributed by atoms with Gasteiger partial charge in [0.25, 0.3) is 0 Å². The number of ether oxygens (including phenoxy) is 1. The first-order chi connectivity index (χ1) is 11.6. The van der Waals surface area contributed by atoms with Crippen LogP contribution in [0.5, 0.6) is 0 Å². The average molecular weight is 336 g/mol. The van der Waals surface area contributed by atoms with Gasteiger partial charge in [-0.15, -0.1) is 0 Å². The third kappa shape index (κ3) is 5.83. The summed E-state index contributed by atoms with van der Waals surface area (Å²) in [5.74, 6) is -0.670. The van der Waals surface area contributed by atoms with Gasteiger partial charge in [-0.05, 0) is 30.5 Å². The second kappa shape index (κ2) is 9.25. The fraction of sp³-hybridized carbons (Fsp3) is 0.556. The fourth-order valence-electron chi connectivity index (χ4n) is 2.90. The Morgan fingerprint density at radius 3 is 2.50 bits per heavy atom. The van der Waals surface area contributed by atoms with E-state index < -0.39 is 0 Å². The molecule has 1 saturated carbocycles. The van der Waals surface area contributed by atoms with Crippen molar-refractivity contribution in [3.63, 3.8) is 0 Å². The molecule has 1 aromatic carbocycles. The van der Waals surface area contributed by atoms with Crippen molar-refractivity contribution in [3.8, 4) is 0 Å². The van der Waals surface area contributed by atoms with Crippen LogP contribution < -0.4 is 5.32 Å². The van der Waals surface area contributed by atoms with Crippen LogP contribution in [0.15, 0.2) is 24.3 Å². The number of methoxy groups -OCH3 is 1. The van der Waals surface area contributed by atoms with E-state index in [0.29, 0.717) is 6.54 Å². The van der Waals surface area contributed by atoms with Gasteiger partial charge < -0.3 is 15.0 Å². The van der Waals surface area contributed by atoms with Gasteiger partial charge in [0.15, 0.2) is 0 Å². The van der Waals surface area contributed by atoms with Crippen molar-refractivity contribution in [1.82, 2.24) is 10.2 Å². The lowest BCUT2D eigenvalue weighted by Gasteiger charge is -2.28. The molecule has 1 N–H and O–H groups in total. The Balaban J connectivity index is 1.98. The lowest BCUT2D eigenvalue weighted by atomic mass is 9.96. The van der Waals surface area contributed by atoms with E-state index in [1.54, 1.807) is 17.0 Å². The summed E-state index contributed by atoms with van der Waals surface area (Å²) in [6, 6.07) is 6.04. The van der Waals surface area contributed by atoms with Crippen LogP contribution in [0.1, 0.15) is 44.1 Å². The maximum Gasteiger partial charge on any atom is 0.317 e. The van der Waals surface area contributed by atoms with E-state index in [-0.39, 0.29) is 36.8 Å². The molecule has 1 aliphatic rings. The van der Waals surface area contributed by atoms with Crippen molar-refractivity contribution >= 4 is 12.0 Å². The predicted molar refractivity (Wildman–Crippen MR) is 88.8 cm³/mol. The van der Waals surface area contributed by atoms with Crippen LogP contribution >= 0.6 is 0 Å². The van der Waals surface area contributed by atoms with Crippen LogP contribution in [0.25, 0.3) is 0 Å². The highest BCUT2D eigenvalue weighted by atomic mass is 19.1. The standard InChI is InChI=1S/C18H25FN2O3/c1-24-17(22)11-12-21(13-14-7-9-15(19)10-8-14)18(23)20-16-5-3-2-4-6-16/h7-10,16H,2-6,11-13H2,1H3,(H,20,23). The minimum Gasteiger partial charge on any atom is -0.469 e. The predicted octanol–water partition coefficient (Wildman–Crippen LogP) is 3.23. The van der Waals surface area contributed by atoms with E-state index in [9.17, 15) is 14.0 Å². The third-order valence-electron chi connectivity index (χ3n) is 4.32. The quantitative estimate of drug-likeness (QED) is 0.812. The number of carbonyl (C=O) groups excluding carboxylic acids is 2. The number of amides is 2. The number of nitrogens with zero attached hydrogens (tertiary/aromatic N) is 1. The lowest BCUT2D eigenvalue weighted by molar-refractivity contribution is -0.140. The van der Waals surface area contributed by atoms with Crippen LogP contribution in [0.3, 0.4) is 0 Å². The van der Waals surface area contributed by atoms with E-state index >= 15 is 0 Å². The number of rotatable bonds is 6. The smallest absolute Gasteiger partial charge is 0.317 e. The molecule has 0 unspecified atom stereocenters. The van der Waals surface area contributed by atoms with Crippen molar-refractivity contribution in [1.29, 1.82) is 0 Å². The van der Waals surface area contributed by atoms with Crippen LogP contribution in [0.2, 0.25) is 0 Å². The van der Waals surface area contributed by atoms with Crippen LogP contribution in [0, 0.1) is 5.82 Å². The molecule has 2 amide bonds. The zero-order chi connectivity index (χ0) is 17.4. The first-order valence-electron chi connectivity index (χ1n) is 8.45. The Morgan fingerprint density at radius 2 is 1.88 bits per heavy atom. The normalized spacial score (nSPS) is 14.9.